The van der Waals surface area contributed by atoms with Crippen LogP contribution in [-0.2, 0) is 4.79 Å². The first-order valence-electron chi connectivity index (χ1n) is 13.1. The Labute approximate surface area is 185 Å². The lowest BCUT2D eigenvalue weighted by molar-refractivity contribution is -0.120. The van der Waals surface area contributed by atoms with Crippen molar-refractivity contribution in [3.8, 4) is 0 Å². The topological polar surface area (TPSA) is 49.3 Å². The van der Waals surface area contributed by atoms with Crippen LogP contribution >= 0.6 is 0 Å². The van der Waals surface area contributed by atoms with Gasteiger partial charge in [-0.2, -0.15) is 0 Å². The number of ketones is 1. The predicted octanol–water partition coefficient (Wildman–Crippen LogP) is 5.60. The highest BCUT2D eigenvalue weighted by Crippen LogP contribution is 2.68. The summed E-state index contributed by atoms with van der Waals surface area (Å²) in [5, 5.41) is 12.8. The number of fused-ring (bicyclic) bond motifs is 5. The fourth-order valence-corrected chi connectivity index (χ4v) is 9.32. The zero-order valence-electron chi connectivity index (χ0n) is 20.1. The van der Waals surface area contributed by atoms with Gasteiger partial charge < -0.3 is 15.2 Å². The van der Waals surface area contributed by atoms with E-state index in [0.29, 0.717) is 28.6 Å². The highest BCUT2D eigenvalue weighted by molar-refractivity contribution is 5.75. The van der Waals surface area contributed by atoms with E-state index in [1.807, 2.05) is 0 Å². The van der Waals surface area contributed by atoms with Gasteiger partial charge in [0.1, 0.15) is 5.78 Å². The molecule has 0 aromatic carbocycles. The van der Waals surface area contributed by atoms with E-state index in [1.54, 1.807) is 6.92 Å². The maximum absolute atomic E-state index is 11.5. The first kappa shape index (κ1) is 22.8. The molecule has 4 saturated carbocycles. The monoisotopic (exact) mass is 417 g/mol. The zero-order valence-corrected chi connectivity index (χ0v) is 20.1. The maximum atomic E-state index is 11.5. The van der Waals surface area contributed by atoms with E-state index in [0.717, 1.165) is 49.0 Å². The molecule has 4 fully saturated rings. The highest BCUT2D eigenvalue weighted by atomic mass is 16.3. The smallest absolute Gasteiger partial charge is 0.129 e. The number of aliphatic hydroxyl groups excluding tert-OH is 1. The first-order chi connectivity index (χ1) is 14.3. The van der Waals surface area contributed by atoms with Crippen molar-refractivity contribution in [1.82, 2.24) is 5.32 Å². The molecule has 0 aromatic rings. The Kier molecular flexibility index (Phi) is 6.72. The van der Waals surface area contributed by atoms with Crippen LogP contribution < -0.4 is 5.32 Å². The first-order valence-corrected chi connectivity index (χ1v) is 13.1. The van der Waals surface area contributed by atoms with Gasteiger partial charge in [-0.1, -0.05) is 20.8 Å². The van der Waals surface area contributed by atoms with E-state index in [9.17, 15) is 9.90 Å². The minimum atomic E-state index is 0.259. The lowest BCUT2D eigenvalue weighted by Gasteiger charge is -2.61. The van der Waals surface area contributed by atoms with E-state index in [4.69, 9.17) is 0 Å². The van der Waals surface area contributed by atoms with Gasteiger partial charge >= 0.3 is 0 Å². The molecule has 0 radical (unpaired) electrons. The van der Waals surface area contributed by atoms with Crippen molar-refractivity contribution in [3.05, 3.63) is 0 Å². The largest absolute Gasteiger partial charge is 0.395 e. The molecule has 4 aliphatic carbocycles. The lowest BCUT2D eigenvalue weighted by Crippen LogP contribution is -2.55. The summed E-state index contributed by atoms with van der Waals surface area (Å²) in [7, 11) is 0. The van der Waals surface area contributed by atoms with Crippen molar-refractivity contribution in [2.24, 2.45) is 46.3 Å². The van der Waals surface area contributed by atoms with Crippen LogP contribution in [0.4, 0.5) is 0 Å². The number of Topliss-reactive ketones (excluding diaryl/α,β-unsaturated/α-hetero) is 1. The molecule has 4 rings (SSSR count). The third kappa shape index (κ3) is 3.91. The Morgan fingerprint density at radius 3 is 2.50 bits per heavy atom. The normalized spacial score (nSPS) is 46.6. The number of nitrogens with one attached hydrogen (secondary N) is 1. The van der Waals surface area contributed by atoms with Crippen LogP contribution in [-0.4, -0.2) is 30.1 Å². The van der Waals surface area contributed by atoms with Gasteiger partial charge in [0.2, 0.25) is 0 Å². The Hall–Kier alpha value is -0.410. The molecule has 0 amide bonds. The quantitative estimate of drug-likeness (QED) is 0.567. The van der Waals surface area contributed by atoms with Crippen LogP contribution in [0.25, 0.3) is 0 Å². The molecular weight excluding hydrogens is 370 g/mol. The summed E-state index contributed by atoms with van der Waals surface area (Å²) in [6.07, 6.45) is 14.4. The Morgan fingerprint density at radius 1 is 1.03 bits per heavy atom. The summed E-state index contributed by atoms with van der Waals surface area (Å²) in [6, 6.07) is 0.624. The van der Waals surface area contributed by atoms with E-state index < -0.39 is 0 Å². The maximum Gasteiger partial charge on any atom is 0.129 e. The van der Waals surface area contributed by atoms with Crippen molar-refractivity contribution >= 4 is 5.78 Å². The van der Waals surface area contributed by atoms with Crippen molar-refractivity contribution in [2.75, 3.05) is 13.2 Å². The third-order valence-electron chi connectivity index (χ3n) is 10.9. The van der Waals surface area contributed by atoms with E-state index >= 15 is 0 Å². The summed E-state index contributed by atoms with van der Waals surface area (Å²) in [4.78, 5) is 11.5. The van der Waals surface area contributed by atoms with Gasteiger partial charge in [0.05, 0.1) is 6.61 Å². The molecule has 0 aromatic heterocycles. The fourth-order valence-electron chi connectivity index (χ4n) is 9.32. The van der Waals surface area contributed by atoms with Gasteiger partial charge in [-0.25, -0.2) is 0 Å². The number of aliphatic hydroxyl groups is 1. The second kappa shape index (κ2) is 8.85. The molecule has 0 spiro atoms. The molecule has 0 aliphatic heterocycles. The van der Waals surface area contributed by atoms with Crippen molar-refractivity contribution < 1.29 is 9.90 Å². The van der Waals surface area contributed by atoms with Gasteiger partial charge in [-0.05, 0) is 117 Å². The summed E-state index contributed by atoms with van der Waals surface area (Å²) >= 11 is 0. The van der Waals surface area contributed by atoms with Gasteiger partial charge in [0.15, 0.2) is 0 Å². The number of hydrogen-bond acceptors (Lipinski definition) is 3. The number of carbonyl (C=O) groups is 1. The van der Waals surface area contributed by atoms with Crippen molar-refractivity contribution in [3.63, 3.8) is 0 Å². The summed E-state index contributed by atoms with van der Waals surface area (Å²) in [6.45, 7) is 10.5. The van der Waals surface area contributed by atoms with Gasteiger partial charge in [-0.3, -0.25) is 0 Å². The Morgan fingerprint density at radius 2 is 1.77 bits per heavy atom. The van der Waals surface area contributed by atoms with Gasteiger partial charge in [0.25, 0.3) is 0 Å². The zero-order chi connectivity index (χ0) is 21.5. The molecule has 0 heterocycles. The second-order valence-electron chi connectivity index (χ2n) is 12.3. The van der Waals surface area contributed by atoms with Crippen LogP contribution in [0, 0.1) is 46.3 Å². The molecule has 2 N–H and O–H groups in total. The molecule has 3 nitrogen and oxygen atoms in total. The van der Waals surface area contributed by atoms with Gasteiger partial charge in [-0.15, -0.1) is 0 Å². The SMILES string of the molecule is CC(=O)CC[C@@H](C)C1CCC2C3CCC4CC(NCCO)CCC4(C)C3CCC21C. The Balaban J connectivity index is 1.45. The van der Waals surface area contributed by atoms with E-state index in [1.165, 1.54) is 57.8 Å². The number of rotatable bonds is 7. The molecule has 4 aliphatic rings. The standard InChI is InChI=1S/C27H47NO2/c1-18(5-6-19(2)30)23-9-10-24-22-8-7-20-17-21(28-15-16-29)11-13-26(20,3)25(22)12-14-27(23,24)4/h18,20-25,28-29H,5-17H2,1-4H3/t18-,20?,21?,22?,23?,24?,25?,26?,27?/m1/s1. The molecule has 30 heavy (non-hydrogen) atoms. The fraction of sp³-hybridized carbons (Fsp3) is 0.963. The lowest BCUT2D eigenvalue weighted by atomic mass is 9.44. The number of carbonyl (C=O) groups excluding carboxylic acids is 1. The highest BCUT2D eigenvalue weighted by Gasteiger charge is 2.60. The predicted molar refractivity (Wildman–Crippen MR) is 123 cm³/mol. The van der Waals surface area contributed by atoms with Crippen molar-refractivity contribution in [1.29, 1.82) is 0 Å². The molecule has 0 bridgehead atoms. The van der Waals surface area contributed by atoms with Crippen LogP contribution in [0.2, 0.25) is 0 Å². The van der Waals surface area contributed by atoms with Crippen LogP contribution in [0.5, 0.6) is 0 Å². The van der Waals surface area contributed by atoms with E-state index in [2.05, 4.69) is 26.1 Å². The second-order valence-corrected chi connectivity index (χ2v) is 12.3. The molecule has 172 valence electrons. The van der Waals surface area contributed by atoms with Gasteiger partial charge in [0, 0.05) is 19.0 Å². The number of hydrogen-bond donors (Lipinski definition) is 2. The average molecular weight is 418 g/mol. The summed E-state index contributed by atoms with van der Waals surface area (Å²) in [5.74, 6) is 5.55. The molecule has 8 unspecified atom stereocenters. The minimum absolute atomic E-state index is 0.259. The Bertz CT molecular complexity index is 620. The molecule has 9 atom stereocenters. The van der Waals surface area contributed by atoms with Crippen molar-refractivity contribution in [2.45, 2.75) is 104 Å². The molecular formula is C27H47NO2. The molecule has 3 heteroatoms. The van der Waals surface area contributed by atoms with Crippen LogP contribution in [0.1, 0.15) is 98.3 Å². The van der Waals surface area contributed by atoms with E-state index in [-0.39, 0.29) is 6.61 Å². The average Bonchev–Trinajstić information content (AvgIpc) is 3.07. The van der Waals surface area contributed by atoms with Crippen LogP contribution in [0.15, 0.2) is 0 Å². The summed E-state index contributed by atoms with van der Waals surface area (Å²) in [5.41, 5.74) is 1.06. The molecule has 0 saturated heterocycles. The summed E-state index contributed by atoms with van der Waals surface area (Å²) < 4.78 is 0. The van der Waals surface area contributed by atoms with Crippen LogP contribution in [0.3, 0.4) is 0 Å². The minimum Gasteiger partial charge on any atom is -0.395 e. The third-order valence-corrected chi connectivity index (χ3v) is 10.9.